The van der Waals surface area contributed by atoms with Crippen LogP contribution in [0, 0.1) is 13.8 Å². The molecule has 0 bridgehead atoms. The van der Waals surface area contributed by atoms with Crippen LogP contribution in [0.4, 0.5) is 11.4 Å². The van der Waals surface area contributed by atoms with Crippen LogP contribution in [-0.4, -0.2) is 7.05 Å². The second-order valence-electron chi connectivity index (χ2n) is 5.01. The van der Waals surface area contributed by atoms with Crippen molar-refractivity contribution < 1.29 is 0 Å². The smallest absolute Gasteiger partial charge is 0.0476 e. The number of aryl methyl sites for hydroxylation is 2. The van der Waals surface area contributed by atoms with Crippen molar-refractivity contribution in [2.75, 3.05) is 17.7 Å². The summed E-state index contributed by atoms with van der Waals surface area (Å²) in [7, 11) is 2.05. The first-order chi connectivity index (χ1) is 8.97. The molecule has 0 radical (unpaired) electrons. The maximum Gasteiger partial charge on any atom is 0.0476 e. The molecule has 2 rings (SSSR count). The monoisotopic (exact) mass is 274 g/mol. The fourth-order valence-electron chi connectivity index (χ4n) is 2.24. The van der Waals surface area contributed by atoms with Crippen molar-refractivity contribution in [1.29, 1.82) is 0 Å². The largest absolute Gasteiger partial charge is 0.398 e. The minimum Gasteiger partial charge on any atom is -0.398 e. The van der Waals surface area contributed by atoms with E-state index < -0.39 is 0 Å². The van der Waals surface area contributed by atoms with Gasteiger partial charge in [-0.25, -0.2) is 0 Å². The average molecular weight is 275 g/mol. The van der Waals surface area contributed by atoms with Gasteiger partial charge < -0.3 is 10.6 Å². The molecule has 0 saturated heterocycles. The van der Waals surface area contributed by atoms with Crippen molar-refractivity contribution in [3.05, 3.63) is 58.1 Å². The first kappa shape index (κ1) is 13.8. The zero-order chi connectivity index (χ0) is 14.0. The Labute approximate surface area is 119 Å². The van der Waals surface area contributed by atoms with Gasteiger partial charge in [-0.15, -0.1) is 0 Å². The van der Waals surface area contributed by atoms with E-state index in [1.54, 1.807) is 0 Å². The van der Waals surface area contributed by atoms with Crippen molar-refractivity contribution in [3.8, 4) is 0 Å². The van der Waals surface area contributed by atoms with Gasteiger partial charge in [-0.3, -0.25) is 0 Å². The summed E-state index contributed by atoms with van der Waals surface area (Å²) in [4.78, 5) is 2.16. The van der Waals surface area contributed by atoms with Crippen LogP contribution in [-0.2, 0) is 6.54 Å². The third kappa shape index (κ3) is 3.21. The second-order valence-corrected chi connectivity index (χ2v) is 5.42. The van der Waals surface area contributed by atoms with Crippen molar-refractivity contribution in [3.63, 3.8) is 0 Å². The minimum atomic E-state index is 0.703. The Morgan fingerprint density at radius 2 is 1.74 bits per heavy atom. The zero-order valence-corrected chi connectivity index (χ0v) is 12.3. The molecule has 0 spiro atoms. The van der Waals surface area contributed by atoms with E-state index in [-0.39, 0.29) is 0 Å². The van der Waals surface area contributed by atoms with Gasteiger partial charge >= 0.3 is 0 Å². The van der Waals surface area contributed by atoms with Gasteiger partial charge in [-0.2, -0.15) is 0 Å². The van der Waals surface area contributed by atoms with Gasteiger partial charge in [0.15, 0.2) is 0 Å². The molecule has 100 valence electrons. The summed E-state index contributed by atoms with van der Waals surface area (Å²) in [5.74, 6) is 0. The number of benzene rings is 2. The quantitative estimate of drug-likeness (QED) is 0.851. The number of hydrogen-bond acceptors (Lipinski definition) is 2. The third-order valence-electron chi connectivity index (χ3n) is 3.20. The van der Waals surface area contributed by atoms with Crippen molar-refractivity contribution >= 4 is 23.0 Å². The SMILES string of the molecule is Cc1cc(C)cc(N(C)Cc2c(N)cccc2Cl)c1. The highest BCUT2D eigenvalue weighted by molar-refractivity contribution is 6.31. The van der Waals surface area contributed by atoms with Crippen molar-refractivity contribution in [1.82, 2.24) is 0 Å². The molecule has 2 aromatic rings. The van der Waals surface area contributed by atoms with Crippen LogP contribution in [0.5, 0.6) is 0 Å². The molecule has 2 aromatic carbocycles. The molecular weight excluding hydrogens is 256 g/mol. The Morgan fingerprint density at radius 1 is 1.11 bits per heavy atom. The molecule has 0 saturated carbocycles. The summed E-state index contributed by atoms with van der Waals surface area (Å²) in [6.07, 6.45) is 0. The second kappa shape index (κ2) is 5.54. The Morgan fingerprint density at radius 3 is 2.32 bits per heavy atom. The predicted molar refractivity (Wildman–Crippen MR) is 83.9 cm³/mol. The molecule has 0 unspecified atom stereocenters. The summed E-state index contributed by atoms with van der Waals surface area (Å²) < 4.78 is 0. The van der Waals surface area contributed by atoms with E-state index in [4.69, 9.17) is 17.3 Å². The molecule has 0 aliphatic rings. The van der Waals surface area contributed by atoms with Gasteiger partial charge in [0, 0.05) is 35.6 Å². The molecule has 0 heterocycles. The molecule has 2 N–H and O–H groups in total. The first-order valence-electron chi connectivity index (χ1n) is 6.29. The topological polar surface area (TPSA) is 29.3 Å². The van der Waals surface area contributed by atoms with E-state index in [1.165, 1.54) is 16.8 Å². The van der Waals surface area contributed by atoms with Gasteiger partial charge in [0.2, 0.25) is 0 Å². The summed E-state index contributed by atoms with van der Waals surface area (Å²) in [5, 5.41) is 0.719. The Hall–Kier alpha value is -1.67. The Balaban J connectivity index is 2.28. The lowest BCUT2D eigenvalue weighted by atomic mass is 10.1. The molecular formula is C16H19ClN2. The number of nitrogens with zero attached hydrogens (tertiary/aromatic N) is 1. The molecule has 0 aromatic heterocycles. The molecule has 3 heteroatoms. The molecule has 2 nitrogen and oxygen atoms in total. The summed E-state index contributed by atoms with van der Waals surface area (Å²) in [5.41, 5.74) is 11.4. The van der Waals surface area contributed by atoms with Crippen LogP contribution in [0.3, 0.4) is 0 Å². The molecule has 0 amide bonds. The van der Waals surface area contributed by atoms with Crippen LogP contribution >= 0.6 is 11.6 Å². The fraction of sp³-hybridized carbons (Fsp3) is 0.250. The van der Waals surface area contributed by atoms with Crippen molar-refractivity contribution in [2.45, 2.75) is 20.4 Å². The maximum atomic E-state index is 6.22. The highest BCUT2D eigenvalue weighted by Gasteiger charge is 2.09. The maximum absolute atomic E-state index is 6.22. The van der Waals surface area contributed by atoms with Crippen LogP contribution in [0.15, 0.2) is 36.4 Å². The summed E-state index contributed by atoms with van der Waals surface area (Å²) in [6, 6.07) is 12.1. The number of hydrogen-bond donors (Lipinski definition) is 1. The summed E-state index contributed by atoms with van der Waals surface area (Å²) in [6.45, 7) is 4.91. The van der Waals surface area contributed by atoms with E-state index in [2.05, 4.69) is 44.0 Å². The van der Waals surface area contributed by atoms with Gasteiger partial charge in [0.25, 0.3) is 0 Å². The lowest BCUT2D eigenvalue weighted by Gasteiger charge is -2.22. The Kier molecular flexibility index (Phi) is 4.01. The molecule has 0 fully saturated rings. The predicted octanol–water partition coefficient (Wildman–Crippen LogP) is 4.18. The van der Waals surface area contributed by atoms with E-state index in [9.17, 15) is 0 Å². The summed E-state index contributed by atoms with van der Waals surface area (Å²) >= 11 is 6.22. The molecule has 19 heavy (non-hydrogen) atoms. The highest BCUT2D eigenvalue weighted by Crippen LogP contribution is 2.26. The van der Waals surface area contributed by atoms with E-state index in [0.29, 0.717) is 6.54 Å². The number of anilines is 2. The highest BCUT2D eigenvalue weighted by atomic mass is 35.5. The van der Waals surface area contributed by atoms with E-state index in [1.807, 2.05) is 18.2 Å². The minimum absolute atomic E-state index is 0.703. The lowest BCUT2D eigenvalue weighted by Crippen LogP contribution is -2.18. The number of nitrogen functional groups attached to an aromatic ring is 1. The Bertz CT molecular complexity index is 553. The van der Waals surface area contributed by atoms with Gasteiger partial charge in [0.1, 0.15) is 0 Å². The van der Waals surface area contributed by atoms with Crippen LogP contribution in [0.1, 0.15) is 16.7 Å². The number of nitrogens with two attached hydrogens (primary N) is 1. The average Bonchev–Trinajstić information content (AvgIpc) is 2.32. The fourth-order valence-corrected chi connectivity index (χ4v) is 2.48. The zero-order valence-electron chi connectivity index (χ0n) is 11.6. The standard InChI is InChI=1S/C16H19ClN2/c1-11-7-12(2)9-13(8-11)19(3)10-14-15(17)5-4-6-16(14)18/h4-9H,10,18H2,1-3H3. The van der Waals surface area contributed by atoms with Gasteiger partial charge in [-0.1, -0.05) is 23.7 Å². The van der Waals surface area contributed by atoms with Crippen LogP contribution < -0.4 is 10.6 Å². The van der Waals surface area contributed by atoms with E-state index in [0.717, 1.165) is 16.3 Å². The molecule has 0 aliphatic carbocycles. The van der Waals surface area contributed by atoms with E-state index >= 15 is 0 Å². The first-order valence-corrected chi connectivity index (χ1v) is 6.67. The number of halogens is 1. The van der Waals surface area contributed by atoms with Gasteiger partial charge in [0.05, 0.1) is 0 Å². The van der Waals surface area contributed by atoms with Gasteiger partial charge in [-0.05, 0) is 49.2 Å². The van der Waals surface area contributed by atoms with Crippen LogP contribution in [0.2, 0.25) is 5.02 Å². The normalized spacial score (nSPS) is 10.5. The van der Waals surface area contributed by atoms with Crippen LogP contribution in [0.25, 0.3) is 0 Å². The van der Waals surface area contributed by atoms with Crippen molar-refractivity contribution in [2.24, 2.45) is 0 Å². The molecule has 0 atom stereocenters. The molecule has 0 aliphatic heterocycles. The lowest BCUT2D eigenvalue weighted by molar-refractivity contribution is 0.923. The number of rotatable bonds is 3. The third-order valence-corrected chi connectivity index (χ3v) is 3.55.